The van der Waals surface area contributed by atoms with Crippen LogP contribution in [0.25, 0.3) is 0 Å². The van der Waals surface area contributed by atoms with Crippen LogP contribution in [0.1, 0.15) is 49.4 Å². The number of aliphatic hydroxyl groups is 1. The highest BCUT2D eigenvalue weighted by molar-refractivity contribution is 5.71. The topological polar surface area (TPSA) is 114 Å². The minimum atomic E-state index is -1.16. The molecule has 4 aromatic carbocycles. The predicted octanol–water partition coefficient (Wildman–Crippen LogP) is 6.97. The van der Waals surface area contributed by atoms with Crippen molar-refractivity contribution in [2.75, 3.05) is 0 Å². The third kappa shape index (κ3) is 11.6. The summed E-state index contributed by atoms with van der Waals surface area (Å²) in [7, 11) is 0. The molecule has 0 fully saturated rings. The monoisotopic (exact) mass is 625 g/mol. The zero-order valence-electron chi connectivity index (χ0n) is 26.6. The lowest BCUT2D eigenvalue weighted by Gasteiger charge is -2.28. The summed E-state index contributed by atoms with van der Waals surface area (Å²) in [4.78, 5) is 25.0. The van der Waals surface area contributed by atoms with E-state index in [1.807, 2.05) is 109 Å². The van der Waals surface area contributed by atoms with E-state index in [1.165, 1.54) is 0 Å². The van der Waals surface area contributed by atoms with E-state index in [0.717, 1.165) is 22.3 Å². The predicted molar refractivity (Wildman–Crippen MR) is 177 cm³/mol. The van der Waals surface area contributed by atoms with Gasteiger partial charge in [-0.3, -0.25) is 4.79 Å². The summed E-state index contributed by atoms with van der Waals surface area (Å²) in [5.74, 6) is -0.549. The van der Waals surface area contributed by atoms with Crippen LogP contribution in [0.4, 0.5) is 4.79 Å². The van der Waals surface area contributed by atoms with Crippen LogP contribution in [0.5, 0.6) is 11.5 Å². The number of carbonyl (C=O) groups excluding carboxylic acids is 1. The highest BCUT2D eigenvalue weighted by Gasteiger charge is 2.30. The van der Waals surface area contributed by atoms with Crippen molar-refractivity contribution in [1.82, 2.24) is 5.32 Å². The van der Waals surface area contributed by atoms with E-state index in [2.05, 4.69) is 5.32 Å². The molecule has 1 amide bonds. The molecule has 3 unspecified atom stereocenters. The number of carboxylic acids is 1. The lowest BCUT2D eigenvalue weighted by Crippen LogP contribution is -2.47. The van der Waals surface area contributed by atoms with Gasteiger partial charge in [0.15, 0.2) is 0 Å². The third-order valence-electron chi connectivity index (χ3n) is 7.32. The summed E-state index contributed by atoms with van der Waals surface area (Å²) in [5.41, 5.74) is 3.00. The summed E-state index contributed by atoms with van der Waals surface area (Å²) in [5, 5.41) is 24.2. The van der Waals surface area contributed by atoms with Crippen LogP contribution in [-0.4, -0.2) is 40.0 Å². The summed E-state index contributed by atoms with van der Waals surface area (Å²) in [6.45, 7) is 6.13. The molecule has 242 valence electrons. The number of benzene rings is 4. The first-order valence-corrected chi connectivity index (χ1v) is 15.5. The van der Waals surface area contributed by atoms with Gasteiger partial charge in [0.1, 0.15) is 30.3 Å². The first-order chi connectivity index (χ1) is 22.0. The first kappa shape index (κ1) is 34.1. The van der Waals surface area contributed by atoms with Crippen LogP contribution in [0.15, 0.2) is 109 Å². The highest BCUT2D eigenvalue weighted by atomic mass is 16.6. The van der Waals surface area contributed by atoms with Crippen molar-refractivity contribution in [3.63, 3.8) is 0 Å². The molecule has 0 heterocycles. The second-order valence-electron chi connectivity index (χ2n) is 12.3. The van der Waals surface area contributed by atoms with Gasteiger partial charge < -0.3 is 29.7 Å². The largest absolute Gasteiger partial charge is 0.489 e. The van der Waals surface area contributed by atoms with Gasteiger partial charge >= 0.3 is 12.1 Å². The maximum atomic E-state index is 12.7. The van der Waals surface area contributed by atoms with Crippen molar-refractivity contribution in [2.24, 2.45) is 5.92 Å². The molecule has 0 saturated carbocycles. The first-order valence-electron chi connectivity index (χ1n) is 15.5. The van der Waals surface area contributed by atoms with Crippen molar-refractivity contribution in [3.8, 4) is 11.5 Å². The molecule has 4 aromatic rings. The Kier molecular flexibility index (Phi) is 12.2. The fourth-order valence-corrected chi connectivity index (χ4v) is 4.93. The summed E-state index contributed by atoms with van der Waals surface area (Å²) in [6, 6.07) is 33.6. The van der Waals surface area contributed by atoms with Gasteiger partial charge in [0.05, 0.1) is 18.1 Å². The number of nitrogens with one attached hydrogen (secondary N) is 1. The van der Waals surface area contributed by atoms with Gasteiger partial charge in [-0.05, 0) is 86.6 Å². The number of alkyl carbamates (subject to hydrolysis) is 1. The molecule has 3 N–H and O–H groups in total. The van der Waals surface area contributed by atoms with Gasteiger partial charge in [-0.25, -0.2) is 4.79 Å². The molecule has 8 heteroatoms. The maximum Gasteiger partial charge on any atom is 0.407 e. The number of ether oxygens (including phenoxy) is 3. The quantitative estimate of drug-likeness (QED) is 0.131. The fraction of sp³-hybridized carbons (Fsp3) is 0.316. The molecule has 0 bridgehead atoms. The average Bonchev–Trinajstić information content (AvgIpc) is 3.03. The SMILES string of the molecule is CC(C)(C)OC(=O)NC(Cc1ccc(OCc2ccccc2)cc1)C(O)CC(Cc1ccc(OCc2ccccc2)cc1)C(=O)O. The molecular formula is C38H43NO7. The number of carbonyl (C=O) groups is 2. The average molecular weight is 626 g/mol. The Morgan fingerprint density at radius 3 is 1.57 bits per heavy atom. The Morgan fingerprint density at radius 2 is 1.13 bits per heavy atom. The van der Waals surface area contributed by atoms with Crippen molar-refractivity contribution in [2.45, 2.75) is 71.0 Å². The van der Waals surface area contributed by atoms with Crippen LogP contribution < -0.4 is 14.8 Å². The number of carboxylic acid groups (broad SMARTS) is 1. The zero-order valence-corrected chi connectivity index (χ0v) is 26.6. The number of aliphatic carboxylic acids is 1. The molecule has 4 rings (SSSR count). The van der Waals surface area contributed by atoms with Crippen LogP contribution in [0.3, 0.4) is 0 Å². The summed E-state index contributed by atoms with van der Waals surface area (Å²) >= 11 is 0. The second-order valence-corrected chi connectivity index (χ2v) is 12.3. The Bertz CT molecular complexity index is 1500. The van der Waals surface area contributed by atoms with Crippen molar-refractivity contribution < 1.29 is 34.0 Å². The van der Waals surface area contributed by atoms with Crippen molar-refractivity contribution in [1.29, 1.82) is 0 Å². The lowest BCUT2D eigenvalue weighted by atomic mass is 9.89. The highest BCUT2D eigenvalue weighted by Crippen LogP contribution is 2.22. The van der Waals surface area contributed by atoms with E-state index in [9.17, 15) is 19.8 Å². The Balaban J connectivity index is 1.39. The lowest BCUT2D eigenvalue weighted by molar-refractivity contribution is -0.143. The summed E-state index contributed by atoms with van der Waals surface area (Å²) < 4.78 is 17.2. The molecule has 0 spiro atoms. The van der Waals surface area contributed by atoms with E-state index in [1.54, 1.807) is 20.8 Å². The van der Waals surface area contributed by atoms with E-state index < -0.39 is 35.7 Å². The summed E-state index contributed by atoms with van der Waals surface area (Å²) in [6.07, 6.45) is -1.44. The fourth-order valence-electron chi connectivity index (χ4n) is 4.93. The molecule has 46 heavy (non-hydrogen) atoms. The van der Waals surface area contributed by atoms with Crippen molar-refractivity contribution in [3.05, 3.63) is 131 Å². The molecule has 0 aliphatic carbocycles. The smallest absolute Gasteiger partial charge is 0.407 e. The van der Waals surface area contributed by atoms with Gasteiger partial charge in [0.2, 0.25) is 0 Å². The van der Waals surface area contributed by atoms with Gasteiger partial charge in [-0.2, -0.15) is 0 Å². The van der Waals surface area contributed by atoms with E-state index in [-0.39, 0.29) is 19.3 Å². The van der Waals surface area contributed by atoms with E-state index in [0.29, 0.717) is 24.7 Å². The number of rotatable bonds is 15. The Hall–Kier alpha value is -4.82. The number of hydrogen-bond acceptors (Lipinski definition) is 6. The van der Waals surface area contributed by atoms with E-state index in [4.69, 9.17) is 14.2 Å². The second kappa shape index (κ2) is 16.5. The van der Waals surface area contributed by atoms with Gasteiger partial charge in [-0.15, -0.1) is 0 Å². The Labute approximate surface area is 271 Å². The molecule has 0 aromatic heterocycles. The van der Waals surface area contributed by atoms with Crippen LogP contribution in [0.2, 0.25) is 0 Å². The van der Waals surface area contributed by atoms with Crippen molar-refractivity contribution >= 4 is 12.1 Å². The van der Waals surface area contributed by atoms with Gasteiger partial charge in [-0.1, -0.05) is 84.9 Å². The van der Waals surface area contributed by atoms with Crippen LogP contribution in [0, 0.1) is 5.92 Å². The molecule has 3 atom stereocenters. The zero-order chi connectivity index (χ0) is 32.9. The third-order valence-corrected chi connectivity index (χ3v) is 7.32. The molecule has 0 radical (unpaired) electrons. The molecule has 0 saturated heterocycles. The van der Waals surface area contributed by atoms with Gasteiger partial charge in [0.25, 0.3) is 0 Å². The standard InChI is InChI=1S/C38H43NO7/c1-38(2,3)46-37(43)39-34(23-28-16-20-33(21-17-28)45-26-30-12-8-5-9-13-30)35(40)24-31(36(41)42)22-27-14-18-32(19-15-27)44-25-29-10-6-4-7-11-29/h4-21,31,34-35,40H,22-26H2,1-3H3,(H,39,43)(H,41,42). The van der Waals surface area contributed by atoms with Crippen LogP contribution in [-0.2, 0) is 35.6 Å². The molecule has 8 nitrogen and oxygen atoms in total. The molecule has 0 aliphatic rings. The number of aliphatic hydroxyl groups excluding tert-OH is 1. The minimum Gasteiger partial charge on any atom is -0.489 e. The molecule has 0 aliphatic heterocycles. The van der Waals surface area contributed by atoms with Crippen LogP contribution >= 0.6 is 0 Å². The van der Waals surface area contributed by atoms with Gasteiger partial charge in [0, 0.05) is 0 Å². The maximum absolute atomic E-state index is 12.7. The minimum absolute atomic E-state index is 0.0691. The molecular weight excluding hydrogens is 582 g/mol. The van der Waals surface area contributed by atoms with E-state index >= 15 is 0 Å². The number of hydrogen-bond donors (Lipinski definition) is 3. The normalized spacial score (nSPS) is 13.2. The Morgan fingerprint density at radius 1 is 0.674 bits per heavy atom. The number of amides is 1.